The monoisotopic (exact) mass is 594 g/mol. The van der Waals surface area contributed by atoms with Gasteiger partial charge in [0.25, 0.3) is 0 Å². The molecule has 7 nitrogen and oxygen atoms in total. The molecule has 0 aliphatic rings. The van der Waals surface area contributed by atoms with Gasteiger partial charge >= 0.3 is 5.97 Å². The zero-order chi connectivity index (χ0) is 30.2. The molecule has 1 aromatic heterocycles. The Labute approximate surface area is 251 Å². The van der Waals surface area contributed by atoms with E-state index < -0.39 is 31.2 Å². The average Bonchev–Trinajstić information content (AvgIpc) is 3.43. The molecule has 1 amide bonds. The number of carboxylic acid groups (broad SMARTS) is 1. The minimum absolute atomic E-state index is 0.0332. The second-order valence-electron chi connectivity index (χ2n) is 10.9. The summed E-state index contributed by atoms with van der Waals surface area (Å²) < 4.78 is 13.4. The molecule has 5 rings (SSSR count). The van der Waals surface area contributed by atoms with Crippen LogP contribution < -0.4 is 5.32 Å². The number of amides is 1. The molecule has 4 N–H and O–H groups in total. The first-order valence-electron chi connectivity index (χ1n) is 14.3. The van der Waals surface area contributed by atoms with Gasteiger partial charge in [-0.15, -0.1) is 0 Å². The highest BCUT2D eigenvalue weighted by atomic mass is 31.2. The first-order chi connectivity index (χ1) is 20.8. The smallest absolute Gasteiger partial charge is 0.326 e. The predicted octanol–water partition coefficient (Wildman–Crippen LogP) is 6.32. The number of aliphatic carboxylic acids is 1. The van der Waals surface area contributed by atoms with Crippen molar-refractivity contribution in [3.05, 3.63) is 132 Å². The van der Waals surface area contributed by atoms with E-state index in [1.165, 1.54) is 0 Å². The SMILES string of the molecule is O=C(N[C@@H](Cc1c[nH]c2ccccc12)C(=O)O)[C@@H](Cc1ccc(-c2ccccc2)cc1)CP(=O)(O)CCc1ccccc1. The van der Waals surface area contributed by atoms with Crippen molar-refractivity contribution in [3.63, 3.8) is 0 Å². The van der Waals surface area contributed by atoms with Crippen molar-refractivity contribution in [1.29, 1.82) is 0 Å². The average molecular weight is 595 g/mol. The van der Waals surface area contributed by atoms with Crippen LogP contribution in [-0.4, -0.2) is 45.2 Å². The number of H-pyrrole nitrogens is 1. The number of fused-ring (bicyclic) bond motifs is 1. The summed E-state index contributed by atoms with van der Waals surface area (Å²) in [6.07, 6.45) is 2.23. The summed E-state index contributed by atoms with van der Waals surface area (Å²) in [6.45, 7) is 0. The highest BCUT2D eigenvalue weighted by Gasteiger charge is 2.32. The van der Waals surface area contributed by atoms with Gasteiger partial charge in [-0.05, 0) is 46.7 Å². The van der Waals surface area contributed by atoms with Crippen LogP contribution in [-0.2, 0) is 33.4 Å². The summed E-state index contributed by atoms with van der Waals surface area (Å²) in [5, 5.41) is 13.6. The van der Waals surface area contributed by atoms with E-state index in [-0.39, 0.29) is 25.2 Å². The van der Waals surface area contributed by atoms with Crippen LogP contribution in [0.15, 0.2) is 115 Å². The molecule has 5 aromatic rings. The Hall–Kier alpha value is -4.45. The van der Waals surface area contributed by atoms with Crippen LogP contribution in [0.2, 0.25) is 0 Å². The van der Waals surface area contributed by atoms with Gasteiger partial charge in [0.1, 0.15) is 6.04 Å². The third-order valence-corrected chi connectivity index (χ3v) is 9.66. The fraction of sp³-hybridized carbons (Fsp3) is 0.200. The number of rotatable bonds is 13. The molecule has 0 radical (unpaired) electrons. The van der Waals surface area contributed by atoms with Crippen molar-refractivity contribution in [3.8, 4) is 11.1 Å². The molecule has 0 spiro atoms. The summed E-state index contributed by atoms with van der Waals surface area (Å²) in [5.74, 6) is -2.60. The number of aromatic nitrogens is 1. The minimum atomic E-state index is -3.73. The summed E-state index contributed by atoms with van der Waals surface area (Å²) >= 11 is 0. The first-order valence-corrected chi connectivity index (χ1v) is 16.4. The first kappa shape index (κ1) is 30.0. The van der Waals surface area contributed by atoms with Gasteiger partial charge in [0.05, 0.1) is 5.92 Å². The zero-order valence-corrected chi connectivity index (χ0v) is 24.6. The maximum atomic E-state index is 13.7. The summed E-state index contributed by atoms with van der Waals surface area (Å²) in [7, 11) is -3.73. The van der Waals surface area contributed by atoms with Gasteiger partial charge in [-0.2, -0.15) is 0 Å². The van der Waals surface area contributed by atoms with Gasteiger partial charge in [0.15, 0.2) is 0 Å². The number of para-hydroxylation sites is 1. The normalized spacial score (nSPS) is 14.1. The standard InChI is InChI=1S/C35H35N2O5P/c38-34(37-33(35(39)40)22-29-23-36-32-14-8-7-13-31(29)32)30(24-43(41,42)20-19-25-9-3-1-4-10-25)21-26-15-17-28(18-16-26)27-11-5-2-6-12-27/h1-18,23,30,33,36H,19-22,24H2,(H,37,38)(H,39,40)(H,41,42)/t30-,33-/m0/s1. The number of aromatic amines is 1. The Kier molecular flexibility index (Phi) is 9.55. The Balaban J connectivity index is 1.34. The van der Waals surface area contributed by atoms with Gasteiger partial charge in [-0.3, -0.25) is 9.36 Å². The number of aryl methyl sites for hydroxylation is 1. The van der Waals surface area contributed by atoms with Crippen LogP contribution in [0.25, 0.3) is 22.0 Å². The second kappa shape index (κ2) is 13.7. The topological polar surface area (TPSA) is 119 Å². The van der Waals surface area contributed by atoms with E-state index >= 15 is 0 Å². The molecule has 0 saturated carbocycles. The third kappa shape index (κ3) is 8.10. The Morgan fingerprint density at radius 1 is 0.767 bits per heavy atom. The molecule has 220 valence electrons. The van der Waals surface area contributed by atoms with Crippen LogP contribution in [0.3, 0.4) is 0 Å². The van der Waals surface area contributed by atoms with Crippen LogP contribution in [0.4, 0.5) is 0 Å². The lowest BCUT2D eigenvalue weighted by Crippen LogP contribution is -2.46. The number of nitrogens with one attached hydrogen (secondary N) is 2. The highest BCUT2D eigenvalue weighted by molar-refractivity contribution is 7.58. The van der Waals surface area contributed by atoms with Crippen molar-refractivity contribution < 1.29 is 24.2 Å². The molecule has 0 fully saturated rings. The second-order valence-corrected chi connectivity index (χ2v) is 13.4. The molecule has 0 aliphatic carbocycles. The van der Waals surface area contributed by atoms with Gasteiger partial charge in [0.2, 0.25) is 13.3 Å². The van der Waals surface area contributed by atoms with Gasteiger partial charge < -0.3 is 20.3 Å². The number of carbonyl (C=O) groups excluding carboxylic acids is 1. The quantitative estimate of drug-likeness (QED) is 0.119. The van der Waals surface area contributed by atoms with Crippen LogP contribution in [0, 0.1) is 5.92 Å². The molecular weight excluding hydrogens is 559 g/mol. The molecule has 1 heterocycles. The number of carbonyl (C=O) groups is 2. The molecular formula is C35H35N2O5P. The molecule has 0 aliphatic heterocycles. The van der Waals surface area contributed by atoms with E-state index in [1.54, 1.807) is 6.20 Å². The Morgan fingerprint density at radius 2 is 1.40 bits per heavy atom. The van der Waals surface area contributed by atoms with E-state index in [0.717, 1.165) is 38.7 Å². The van der Waals surface area contributed by atoms with Crippen molar-refractivity contribution in [1.82, 2.24) is 10.3 Å². The van der Waals surface area contributed by atoms with Crippen LogP contribution in [0.1, 0.15) is 16.7 Å². The number of benzene rings is 4. The molecule has 4 aromatic carbocycles. The molecule has 0 bridgehead atoms. The molecule has 3 atom stereocenters. The molecule has 8 heteroatoms. The van der Waals surface area contributed by atoms with E-state index in [1.807, 2.05) is 109 Å². The van der Waals surface area contributed by atoms with Gasteiger partial charge in [-0.1, -0.05) is 103 Å². The molecule has 0 saturated heterocycles. The van der Waals surface area contributed by atoms with Crippen LogP contribution >= 0.6 is 7.37 Å². The maximum Gasteiger partial charge on any atom is 0.326 e. The Morgan fingerprint density at radius 3 is 2.09 bits per heavy atom. The predicted molar refractivity (Wildman–Crippen MR) is 170 cm³/mol. The highest BCUT2D eigenvalue weighted by Crippen LogP contribution is 2.44. The van der Waals surface area contributed by atoms with Crippen molar-refractivity contribution >= 4 is 30.1 Å². The number of hydrogen-bond donors (Lipinski definition) is 4. The van der Waals surface area contributed by atoms with Gasteiger partial charge in [0, 0.05) is 35.8 Å². The van der Waals surface area contributed by atoms with Crippen molar-refractivity contribution in [2.75, 3.05) is 12.3 Å². The van der Waals surface area contributed by atoms with E-state index in [9.17, 15) is 24.2 Å². The zero-order valence-electron chi connectivity index (χ0n) is 23.7. The third-order valence-electron chi connectivity index (χ3n) is 7.73. The van der Waals surface area contributed by atoms with Crippen molar-refractivity contribution in [2.45, 2.75) is 25.3 Å². The van der Waals surface area contributed by atoms with E-state index in [4.69, 9.17) is 0 Å². The fourth-order valence-electron chi connectivity index (χ4n) is 5.38. The summed E-state index contributed by atoms with van der Waals surface area (Å²) in [4.78, 5) is 40.1. The lowest BCUT2D eigenvalue weighted by atomic mass is 9.96. The maximum absolute atomic E-state index is 13.7. The fourth-order valence-corrected chi connectivity index (χ4v) is 7.16. The lowest BCUT2D eigenvalue weighted by molar-refractivity contribution is -0.142. The number of carboxylic acids is 1. The lowest BCUT2D eigenvalue weighted by Gasteiger charge is -2.23. The van der Waals surface area contributed by atoms with E-state index in [0.29, 0.717) is 6.42 Å². The van der Waals surface area contributed by atoms with Gasteiger partial charge in [-0.25, -0.2) is 4.79 Å². The number of hydrogen-bond acceptors (Lipinski definition) is 3. The summed E-state index contributed by atoms with van der Waals surface area (Å²) in [6, 6.07) is 33.5. The Bertz CT molecular complexity index is 1720. The molecule has 43 heavy (non-hydrogen) atoms. The minimum Gasteiger partial charge on any atom is -0.480 e. The molecule has 1 unspecified atom stereocenters. The van der Waals surface area contributed by atoms with E-state index in [2.05, 4.69) is 10.3 Å². The largest absolute Gasteiger partial charge is 0.480 e. The summed E-state index contributed by atoms with van der Waals surface area (Å²) in [5.41, 5.74) is 5.50. The van der Waals surface area contributed by atoms with Crippen LogP contribution in [0.5, 0.6) is 0 Å². The van der Waals surface area contributed by atoms with Crippen molar-refractivity contribution in [2.24, 2.45) is 5.92 Å².